The normalized spacial score (nSPS) is 14.0. The number of aromatic nitrogens is 2. The van der Waals surface area contributed by atoms with Crippen molar-refractivity contribution in [1.29, 1.82) is 0 Å². The largest absolute Gasteiger partial charge is 0.416 e. The van der Waals surface area contributed by atoms with Crippen LogP contribution < -0.4 is 20.6 Å². The molecule has 2 heterocycles. The molecule has 0 aliphatic carbocycles. The predicted molar refractivity (Wildman–Crippen MR) is 90.5 cm³/mol. The molecule has 0 atom stereocenters. The summed E-state index contributed by atoms with van der Waals surface area (Å²) in [5, 5.41) is 3.12. The Morgan fingerprint density at radius 1 is 1.31 bits per heavy atom. The topological polar surface area (TPSA) is 59.4 Å². The maximum Gasteiger partial charge on any atom is 0.416 e. The first kappa shape index (κ1) is 18.2. The highest BCUT2D eigenvalue weighted by Crippen LogP contribution is 2.32. The molecule has 0 saturated heterocycles. The van der Waals surface area contributed by atoms with Crippen LogP contribution in [0.3, 0.4) is 0 Å². The molecule has 0 saturated carbocycles. The minimum Gasteiger partial charge on any atom is -0.411 e. The van der Waals surface area contributed by atoms with Gasteiger partial charge in [0.2, 0.25) is 5.95 Å². The van der Waals surface area contributed by atoms with Crippen LogP contribution in [0, 0.1) is 0 Å². The zero-order valence-corrected chi connectivity index (χ0v) is 14.4. The lowest BCUT2D eigenvalue weighted by Crippen LogP contribution is -2.40. The van der Waals surface area contributed by atoms with Crippen molar-refractivity contribution in [1.82, 2.24) is 15.0 Å². The fraction of sp³-hybridized carbons (Fsp3) is 0.412. The first-order chi connectivity index (χ1) is 12.4. The molecule has 1 aromatic carbocycles. The van der Waals surface area contributed by atoms with Gasteiger partial charge in [0.25, 0.3) is 5.56 Å². The maximum absolute atomic E-state index is 12.8. The number of nitrogens with one attached hydrogen (secondary N) is 1. The Balaban J connectivity index is 2.08. The van der Waals surface area contributed by atoms with Gasteiger partial charge >= 0.3 is 6.18 Å². The molecule has 140 valence electrons. The third-order valence-electron chi connectivity index (χ3n) is 4.29. The van der Waals surface area contributed by atoms with Gasteiger partial charge in [-0.1, -0.05) is 0 Å². The molecule has 26 heavy (non-hydrogen) atoms. The van der Waals surface area contributed by atoms with Crippen molar-refractivity contribution in [3.05, 3.63) is 51.4 Å². The SMILES string of the molecule is CCN(c1ccc(C(F)(F)F)cc1)c1nc2c(c(=O)n1OC)CNCC2. The minimum atomic E-state index is -4.40. The van der Waals surface area contributed by atoms with Crippen molar-refractivity contribution in [2.45, 2.75) is 26.1 Å². The first-order valence-electron chi connectivity index (χ1n) is 8.21. The van der Waals surface area contributed by atoms with Crippen LogP contribution >= 0.6 is 0 Å². The van der Waals surface area contributed by atoms with E-state index >= 15 is 0 Å². The second-order valence-corrected chi connectivity index (χ2v) is 5.83. The van der Waals surface area contributed by atoms with Crippen LogP contribution in [0.2, 0.25) is 0 Å². The highest BCUT2D eigenvalue weighted by molar-refractivity contribution is 5.58. The van der Waals surface area contributed by atoms with Crippen molar-refractivity contribution >= 4 is 11.6 Å². The number of alkyl halides is 3. The van der Waals surface area contributed by atoms with Gasteiger partial charge in [-0.05, 0) is 31.2 Å². The van der Waals surface area contributed by atoms with Gasteiger partial charge in [-0.2, -0.15) is 13.2 Å². The van der Waals surface area contributed by atoms with E-state index in [1.165, 1.54) is 19.2 Å². The number of hydrogen-bond donors (Lipinski definition) is 1. The van der Waals surface area contributed by atoms with Crippen molar-refractivity contribution in [2.24, 2.45) is 0 Å². The van der Waals surface area contributed by atoms with Gasteiger partial charge in [0, 0.05) is 31.7 Å². The number of benzene rings is 1. The zero-order chi connectivity index (χ0) is 18.9. The van der Waals surface area contributed by atoms with E-state index in [1.807, 2.05) is 6.92 Å². The molecule has 1 aliphatic rings. The Bertz CT molecular complexity index is 847. The van der Waals surface area contributed by atoms with E-state index in [0.717, 1.165) is 16.9 Å². The van der Waals surface area contributed by atoms with Gasteiger partial charge in [-0.25, -0.2) is 4.98 Å². The van der Waals surface area contributed by atoms with Crippen molar-refractivity contribution in [3.63, 3.8) is 0 Å². The van der Waals surface area contributed by atoms with Crippen molar-refractivity contribution < 1.29 is 18.0 Å². The number of halogens is 3. The number of anilines is 2. The van der Waals surface area contributed by atoms with Crippen LogP contribution in [0.15, 0.2) is 29.1 Å². The quantitative estimate of drug-likeness (QED) is 0.896. The molecule has 6 nitrogen and oxygen atoms in total. The molecule has 0 spiro atoms. The molecule has 1 aromatic heterocycles. The smallest absolute Gasteiger partial charge is 0.411 e. The molecule has 0 bridgehead atoms. The van der Waals surface area contributed by atoms with Crippen LogP contribution in [0.1, 0.15) is 23.7 Å². The average molecular weight is 368 g/mol. The van der Waals surface area contributed by atoms with Crippen LogP contribution in [0.4, 0.5) is 24.8 Å². The van der Waals surface area contributed by atoms with Crippen molar-refractivity contribution in [3.8, 4) is 0 Å². The molecule has 2 aromatic rings. The summed E-state index contributed by atoms with van der Waals surface area (Å²) in [5.41, 5.74) is 0.677. The molecule has 0 unspecified atom stereocenters. The number of rotatable bonds is 4. The summed E-state index contributed by atoms with van der Waals surface area (Å²) in [5.74, 6) is 0.250. The fourth-order valence-corrected chi connectivity index (χ4v) is 2.98. The molecular weight excluding hydrogens is 349 g/mol. The van der Waals surface area contributed by atoms with Crippen LogP contribution in [-0.2, 0) is 19.1 Å². The standard InChI is InChI=1S/C17H19F3N4O2/c1-3-23(12-6-4-11(5-7-12)17(18,19)20)16-22-14-8-9-21-10-13(14)15(25)24(16)26-2/h4-7,21H,3,8-10H2,1-2H3. The lowest BCUT2D eigenvalue weighted by Gasteiger charge is -2.27. The molecule has 0 radical (unpaired) electrons. The van der Waals surface area contributed by atoms with E-state index < -0.39 is 11.7 Å². The van der Waals surface area contributed by atoms with Crippen LogP contribution in [0.5, 0.6) is 0 Å². The monoisotopic (exact) mass is 368 g/mol. The summed E-state index contributed by atoms with van der Waals surface area (Å²) < 4.78 is 39.4. The van der Waals surface area contributed by atoms with Gasteiger partial charge in [0.15, 0.2) is 0 Å². The predicted octanol–water partition coefficient (Wildman–Crippen LogP) is 2.12. The summed E-state index contributed by atoms with van der Waals surface area (Å²) in [6, 6.07) is 4.74. The van der Waals surface area contributed by atoms with E-state index in [9.17, 15) is 18.0 Å². The highest BCUT2D eigenvalue weighted by atomic mass is 19.4. The van der Waals surface area contributed by atoms with Crippen LogP contribution in [-0.4, -0.2) is 29.9 Å². The molecule has 9 heteroatoms. The van der Waals surface area contributed by atoms with Gasteiger partial charge in [0.1, 0.15) is 7.11 Å². The second-order valence-electron chi connectivity index (χ2n) is 5.83. The Morgan fingerprint density at radius 2 is 2.00 bits per heavy atom. The fourth-order valence-electron chi connectivity index (χ4n) is 2.98. The first-order valence-corrected chi connectivity index (χ1v) is 8.21. The van der Waals surface area contributed by atoms with Crippen molar-refractivity contribution in [2.75, 3.05) is 25.1 Å². The lowest BCUT2D eigenvalue weighted by atomic mass is 10.1. The summed E-state index contributed by atoms with van der Waals surface area (Å²) in [4.78, 5) is 24.1. The lowest BCUT2D eigenvalue weighted by molar-refractivity contribution is -0.137. The van der Waals surface area contributed by atoms with Gasteiger partial charge in [0.05, 0.1) is 16.8 Å². The maximum atomic E-state index is 12.8. The molecule has 1 aliphatic heterocycles. The molecule has 1 N–H and O–H groups in total. The number of fused-ring (bicyclic) bond motifs is 1. The molecular formula is C17H19F3N4O2. The number of hydrogen-bond acceptors (Lipinski definition) is 5. The van der Waals surface area contributed by atoms with E-state index in [0.29, 0.717) is 43.0 Å². The summed E-state index contributed by atoms with van der Waals surface area (Å²) >= 11 is 0. The Kier molecular flexibility index (Phi) is 4.90. The molecule has 0 amide bonds. The summed E-state index contributed by atoms with van der Waals surface area (Å²) in [7, 11) is 1.36. The van der Waals surface area contributed by atoms with E-state index in [2.05, 4.69) is 10.3 Å². The third kappa shape index (κ3) is 3.26. The van der Waals surface area contributed by atoms with Gasteiger partial charge in [-0.3, -0.25) is 4.79 Å². The van der Waals surface area contributed by atoms with E-state index in [1.54, 1.807) is 4.90 Å². The molecule has 0 fully saturated rings. The Morgan fingerprint density at radius 3 is 2.58 bits per heavy atom. The average Bonchev–Trinajstić information content (AvgIpc) is 2.62. The summed E-state index contributed by atoms with van der Waals surface area (Å²) in [6.07, 6.45) is -3.80. The van der Waals surface area contributed by atoms with Gasteiger partial charge in [-0.15, -0.1) is 4.73 Å². The Hall–Kier alpha value is -2.55. The minimum absolute atomic E-state index is 0.250. The number of nitrogens with zero attached hydrogens (tertiary/aromatic N) is 3. The van der Waals surface area contributed by atoms with Gasteiger partial charge < -0.3 is 15.1 Å². The highest BCUT2D eigenvalue weighted by Gasteiger charge is 2.30. The van der Waals surface area contributed by atoms with E-state index in [-0.39, 0.29) is 11.5 Å². The van der Waals surface area contributed by atoms with Crippen LogP contribution in [0.25, 0.3) is 0 Å². The van der Waals surface area contributed by atoms with E-state index in [4.69, 9.17) is 4.84 Å². The summed E-state index contributed by atoms with van der Waals surface area (Å²) in [6.45, 7) is 3.35. The Labute approximate surface area is 148 Å². The third-order valence-corrected chi connectivity index (χ3v) is 4.29. The second kappa shape index (κ2) is 6.99. The molecule has 3 rings (SSSR count). The zero-order valence-electron chi connectivity index (χ0n) is 14.4.